The maximum atomic E-state index is 12.3. The van der Waals surface area contributed by atoms with Crippen molar-refractivity contribution in [3.05, 3.63) is 50.7 Å². The number of carbonyl (C=O) groups is 1. The molecule has 0 aliphatic heterocycles. The first-order valence-electron chi connectivity index (χ1n) is 7.40. The third-order valence-corrected chi connectivity index (χ3v) is 4.31. The minimum Gasteiger partial charge on any atom is -0.494 e. The number of thiophene rings is 1. The van der Waals surface area contributed by atoms with Crippen LogP contribution >= 0.6 is 11.3 Å². The first-order valence-corrected chi connectivity index (χ1v) is 8.28. The van der Waals surface area contributed by atoms with Crippen LogP contribution in [0.2, 0.25) is 0 Å². The van der Waals surface area contributed by atoms with E-state index in [1.54, 1.807) is 11.3 Å². The maximum Gasteiger partial charge on any atom is 0.273 e. The van der Waals surface area contributed by atoms with Crippen LogP contribution in [0.25, 0.3) is 0 Å². The van der Waals surface area contributed by atoms with Crippen LogP contribution in [0.3, 0.4) is 0 Å². The summed E-state index contributed by atoms with van der Waals surface area (Å²) in [5, 5.41) is 15.5. The molecule has 7 nitrogen and oxygen atoms in total. The second kappa shape index (κ2) is 8.42. The fraction of sp³-hybridized carbons (Fsp3) is 0.312. The molecule has 1 N–H and O–H groups in total. The van der Waals surface area contributed by atoms with Crippen molar-refractivity contribution in [2.75, 3.05) is 25.5 Å². The number of hydrogen-bond donors (Lipinski definition) is 1. The van der Waals surface area contributed by atoms with Crippen LogP contribution in [-0.2, 0) is 11.3 Å². The highest BCUT2D eigenvalue weighted by atomic mass is 32.1. The summed E-state index contributed by atoms with van der Waals surface area (Å²) >= 11 is 1.65. The van der Waals surface area contributed by atoms with Crippen LogP contribution < -0.4 is 10.1 Å². The third-order valence-electron chi connectivity index (χ3n) is 3.44. The first-order chi connectivity index (χ1) is 11.5. The van der Waals surface area contributed by atoms with Crippen molar-refractivity contribution < 1.29 is 14.5 Å². The smallest absolute Gasteiger partial charge is 0.273 e. The van der Waals surface area contributed by atoms with Crippen LogP contribution in [0.5, 0.6) is 5.75 Å². The van der Waals surface area contributed by atoms with Crippen molar-refractivity contribution in [3.8, 4) is 5.75 Å². The van der Waals surface area contributed by atoms with Gasteiger partial charge in [-0.25, -0.2) is 0 Å². The molecular weight excluding hydrogens is 330 g/mol. The highest BCUT2D eigenvalue weighted by molar-refractivity contribution is 7.09. The summed E-state index contributed by atoms with van der Waals surface area (Å²) in [4.78, 5) is 25.8. The summed E-state index contributed by atoms with van der Waals surface area (Å²) < 4.78 is 5.12. The molecule has 0 spiro atoms. The van der Waals surface area contributed by atoms with Crippen molar-refractivity contribution >= 4 is 28.6 Å². The second-order valence-corrected chi connectivity index (χ2v) is 6.10. The van der Waals surface area contributed by atoms with E-state index >= 15 is 0 Å². The topological polar surface area (TPSA) is 84.7 Å². The Bertz CT molecular complexity index is 703. The monoisotopic (exact) mass is 349 g/mol. The van der Waals surface area contributed by atoms with Gasteiger partial charge in [0.1, 0.15) is 5.75 Å². The van der Waals surface area contributed by atoms with Gasteiger partial charge in [-0.05, 0) is 24.1 Å². The summed E-state index contributed by atoms with van der Waals surface area (Å²) in [5.74, 6) is 0.0689. The minimum absolute atomic E-state index is 0.0854. The molecule has 1 amide bonds. The van der Waals surface area contributed by atoms with Gasteiger partial charge >= 0.3 is 0 Å². The van der Waals surface area contributed by atoms with E-state index in [2.05, 4.69) is 5.32 Å². The Labute approximate surface area is 144 Å². The molecule has 0 bridgehead atoms. The summed E-state index contributed by atoms with van der Waals surface area (Å²) in [6.07, 6.45) is 0. The minimum atomic E-state index is -0.506. The number of non-ortho nitro benzene ring substituents is 1. The van der Waals surface area contributed by atoms with Crippen molar-refractivity contribution in [2.24, 2.45) is 0 Å². The highest BCUT2D eigenvalue weighted by Crippen LogP contribution is 2.28. The first kappa shape index (κ1) is 17.9. The number of benzene rings is 1. The van der Waals surface area contributed by atoms with Gasteiger partial charge in [0.2, 0.25) is 5.91 Å². The predicted octanol–water partition coefficient (Wildman–Crippen LogP) is 3.13. The van der Waals surface area contributed by atoms with Crippen LogP contribution in [0.4, 0.5) is 11.4 Å². The zero-order chi connectivity index (χ0) is 17.5. The zero-order valence-electron chi connectivity index (χ0n) is 13.5. The van der Waals surface area contributed by atoms with Gasteiger partial charge < -0.3 is 10.1 Å². The summed E-state index contributed by atoms with van der Waals surface area (Å²) in [7, 11) is 1.41. The van der Waals surface area contributed by atoms with Gasteiger partial charge in [-0.1, -0.05) is 13.0 Å². The largest absolute Gasteiger partial charge is 0.494 e. The Hall–Kier alpha value is -2.45. The quantitative estimate of drug-likeness (QED) is 0.585. The summed E-state index contributed by atoms with van der Waals surface area (Å²) in [6, 6.07) is 8.12. The number of nitrogens with zero attached hydrogens (tertiary/aromatic N) is 2. The normalized spacial score (nSPS) is 10.6. The van der Waals surface area contributed by atoms with Crippen molar-refractivity contribution in [2.45, 2.75) is 13.5 Å². The molecule has 0 aliphatic rings. The molecule has 1 heterocycles. The Balaban J connectivity index is 2.01. The van der Waals surface area contributed by atoms with E-state index < -0.39 is 4.92 Å². The predicted molar refractivity (Wildman–Crippen MR) is 93.5 cm³/mol. The maximum absolute atomic E-state index is 12.3. The molecule has 0 fully saturated rings. The number of nitro benzene ring substituents is 1. The van der Waals surface area contributed by atoms with Gasteiger partial charge in [-0.3, -0.25) is 19.8 Å². The molecule has 0 unspecified atom stereocenters. The van der Waals surface area contributed by atoms with Gasteiger partial charge in [0, 0.05) is 17.5 Å². The molecule has 0 aliphatic carbocycles. The van der Waals surface area contributed by atoms with Crippen LogP contribution in [-0.4, -0.2) is 35.9 Å². The molecule has 1 aromatic carbocycles. The van der Waals surface area contributed by atoms with Gasteiger partial charge in [-0.15, -0.1) is 11.3 Å². The number of ether oxygens (including phenoxy) is 1. The van der Waals surface area contributed by atoms with Gasteiger partial charge in [-0.2, -0.15) is 0 Å². The molecule has 2 rings (SSSR count). The average Bonchev–Trinajstić information content (AvgIpc) is 3.07. The second-order valence-electron chi connectivity index (χ2n) is 5.07. The van der Waals surface area contributed by atoms with E-state index in [9.17, 15) is 14.9 Å². The van der Waals surface area contributed by atoms with Crippen LogP contribution in [0.1, 0.15) is 11.8 Å². The van der Waals surface area contributed by atoms with E-state index in [-0.39, 0.29) is 23.9 Å². The molecule has 2 aromatic rings. The highest BCUT2D eigenvalue weighted by Gasteiger charge is 2.15. The zero-order valence-corrected chi connectivity index (χ0v) is 14.3. The molecule has 24 heavy (non-hydrogen) atoms. The standard InChI is InChI=1S/C16H19N3O4S/c1-3-18(10-13-5-4-8-24-13)11-16(20)17-14-7-6-12(19(21)22)9-15(14)23-2/h4-9H,3,10-11H2,1-2H3,(H,17,20). The lowest BCUT2D eigenvalue weighted by molar-refractivity contribution is -0.384. The SMILES string of the molecule is CCN(CC(=O)Nc1ccc([N+](=O)[O-])cc1OC)Cc1cccs1. The Kier molecular flexibility index (Phi) is 6.28. The Morgan fingerprint density at radius 3 is 2.79 bits per heavy atom. The molecular formula is C16H19N3O4S. The van der Waals surface area contributed by atoms with Gasteiger partial charge in [0.05, 0.1) is 30.3 Å². The summed E-state index contributed by atoms with van der Waals surface area (Å²) in [5.41, 5.74) is 0.331. The number of nitrogens with one attached hydrogen (secondary N) is 1. The molecule has 0 radical (unpaired) electrons. The Morgan fingerprint density at radius 2 is 2.21 bits per heavy atom. The van der Waals surface area contributed by atoms with Gasteiger partial charge in [0.25, 0.3) is 5.69 Å². The van der Waals surface area contributed by atoms with E-state index in [0.29, 0.717) is 12.2 Å². The van der Waals surface area contributed by atoms with Crippen molar-refractivity contribution in [1.29, 1.82) is 0 Å². The third kappa shape index (κ3) is 4.77. The number of anilines is 1. The lowest BCUT2D eigenvalue weighted by Crippen LogP contribution is -2.32. The number of likely N-dealkylation sites (N-methyl/N-ethyl adjacent to an activating group) is 1. The number of carbonyl (C=O) groups excluding carboxylic acids is 1. The van der Waals surface area contributed by atoms with E-state index in [1.807, 2.05) is 29.3 Å². The van der Waals surface area contributed by atoms with Crippen LogP contribution in [0, 0.1) is 10.1 Å². The molecule has 128 valence electrons. The summed E-state index contributed by atoms with van der Waals surface area (Å²) in [6.45, 7) is 3.67. The van der Waals surface area contributed by atoms with Crippen molar-refractivity contribution in [3.63, 3.8) is 0 Å². The number of nitro groups is 1. The number of methoxy groups -OCH3 is 1. The fourth-order valence-electron chi connectivity index (χ4n) is 2.19. The number of amides is 1. The van der Waals surface area contributed by atoms with Gasteiger partial charge in [0.15, 0.2) is 0 Å². The number of hydrogen-bond acceptors (Lipinski definition) is 6. The lowest BCUT2D eigenvalue weighted by Gasteiger charge is -2.19. The molecule has 0 saturated carbocycles. The molecule has 1 aromatic heterocycles. The van der Waals surface area contributed by atoms with Crippen molar-refractivity contribution in [1.82, 2.24) is 4.90 Å². The van der Waals surface area contributed by atoms with E-state index in [4.69, 9.17) is 4.74 Å². The average molecular weight is 349 g/mol. The fourth-order valence-corrected chi connectivity index (χ4v) is 2.94. The van der Waals surface area contributed by atoms with Crippen LogP contribution in [0.15, 0.2) is 35.7 Å². The van der Waals surface area contributed by atoms with E-state index in [0.717, 1.165) is 6.54 Å². The molecule has 0 saturated heterocycles. The lowest BCUT2D eigenvalue weighted by atomic mass is 10.2. The number of rotatable bonds is 8. The molecule has 8 heteroatoms. The Morgan fingerprint density at radius 1 is 1.42 bits per heavy atom. The molecule has 0 atom stereocenters. The van der Waals surface area contributed by atoms with E-state index in [1.165, 1.54) is 30.2 Å².